The Bertz CT molecular complexity index is 363. The predicted molar refractivity (Wildman–Crippen MR) is 64.4 cm³/mol. The number of rotatable bonds is 5. The molecule has 0 aliphatic carbocycles. The molecule has 20 heavy (non-hydrogen) atoms. The summed E-state index contributed by atoms with van der Waals surface area (Å²) in [5, 5.41) is 41.6. The molecule has 10 nitrogen and oxygen atoms in total. The normalized spacial score (nSPS) is 39.5. The summed E-state index contributed by atoms with van der Waals surface area (Å²) in [6, 6.07) is -0.993. The van der Waals surface area contributed by atoms with Gasteiger partial charge >= 0.3 is 7.82 Å². The molecular formula is C9H20NO9P. The highest BCUT2D eigenvalue weighted by Crippen LogP contribution is 2.37. The summed E-state index contributed by atoms with van der Waals surface area (Å²) in [5.41, 5.74) is 0. The first-order valence-corrected chi connectivity index (χ1v) is 7.40. The zero-order valence-corrected chi connectivity index (χ0v) is 11.7. The fourth-order valence-electron chi connectivity index (χ4n) is 2.08. The fraction of sp³-hybridized carbons (Fsp3) is 1.00. The highest BCUT2D eigenvalue weighted by molar-refractivity contribution is 7.46. The third-order valence-corrected chi connectivity index (χ3v) is 3.57. The molecule has 0 radical (unpaired) electrons. The number of hydrogen-bond donors (Lipinski definition) is 7. The van der Waals surface area contributed by atoms with Crippen molar-refractivity contribution >= 4 is 7.82 Å². The van der Waals surface area contributed by atoms with E-state index >= 15 is 0 Å². The summed E-state index contributed by atoms with van der Waals surface area (Å²) in [5.74, 6) is -2.38. The van der Waals surface area contributed by atoms with Crippen molar-refractivity contribution in [2.24, 2.45) is 0 Å². The van der Waals surface area contributed by atoms with E-state index in [-0.39, 0.29) is 6.42 Å². The first kappa shape index (κ1) is 17.9. The Kier molecular flexibility index (Phi) is 6.05. The van der Waals surface area contributed by atoms with Crippen molar-refractivity contribution in [3.63, 3.8) is 0 Å². The molecule has 1 heterocycles. The molecule has 120 valence electrons. The molecule has 11 heteroatoms. The van der Waals surface area contributed by atoms with Crippen molar-refractivity contribution in [2.45, 2.75) is 36.6 Å². The Morgan fingerprint density at radius 2 is 2.05 bits per heavy atom. The van der Waals surface area contributed by atoms with Gasteiger partial charge in [-0.3, -0.25) is 4.52 Å². The molecule has 1 aliphatic heterocycles. The Morgan fingerprint density at radius 3 is 2.50 bits per heavy atom. The van der Waals surface area contributed by atoms with Gasteiger partial charge in [0, 0.05) is 6.42 Å². The van der Waals surface area contributed by atoms with Crippen molar-refractivity contribution < 1.29 is 44.0 Å². The first-order valence-electron chi connectivity index (χ1n) is 5.87. The molecule has 0 amide bonds. The number of ether oxygens (including phenoxy) is 1. The maximum Gasteiger partial charge on any atom is 0.469 e. The minimum absolute atomic E-state index is 0.162. The third-order valence-electron chi connectivity index (χ3n) is 3.08. The van der Waals surface area contributed by atoms with Crippen LogP contribution >= 0.6 is 7.82 Å². The maximum atomic E-state index is 10.6. The summed E-state index contributed by atoms with van der Waals surface area (Å²) in [6.45, 7) is -1.59. The van der Waals surface area contributed by atoms with E-state index in [1.54, 1.807) is 0 Å². The summed E-state index contributed by atoms with van der Waals surface area (Å²) in [4.78, 5) is 17.2. The maximum absolute atomic E-state index is 10.6. The van der Waals surface area contributed by atoms with Crippen LogP contribution in [0.3, 0.4) is 0 Å². The molecule has 1 rings (SSSR count). The second-order valence-electron chi connectivity index (χ2n) is 4.59. The van der Waals surface area contributed by atoms with E-state index in [4.69, 9.17) is 19.6 Å². The van der Waals surface area contributed by atoms with E-state index in [1.165, 1.54) is 7.05 Å². The van der Waals surface area contributed by atoms with E-state index < -0.39 is 51.2 Å². The lowest BCUT2D eigenvalue weighted by Gasteiger charge is -2.34. The van der Waals surface area contributed by atoms with E-state index in [9.17, 15) is 19.9 Å². The van der Waals surface area contributed by atoms with Gasteiger partial charge in [-0.15, -0.1) is 0 Å². The van der Waals surface area contributed by atoms with Gasteiger partial charge in [-0.2, -0.15) is 0 Å². The Hall–Kier alpha value is -0.130. The molecule has 0 aromatic heterocycles. The van der Waals surface area contributed by atoms with Gasteiger partial charge in [-0.25, -0.2) is 4.57 Å². The standard InChI is InChI=1S/C9H20NO9P/c1-10-7-6(12)2-5(3-18-20(15,16)17)19-9(14,4-11)8(7)13/h5-8,10-14H,2-4H2,1H3,(H2,15,16,17)/t5-,6?,7?,8?,9-/m0/s1. The highest BCUT2D eigenvalue weighted by atomic mass is 31.2. The minimum Gasteiger partial charge on any atom is -0.391 e. The van der Waals surface area contributed by atoms with Crippen LogP contribution in [-0.2, 0) is 13.8 Å². The Balaban J connectivity index is 2.87. The van der Waals surface area contributed by atoms with Crippen LogP contribution in [0.5, 0.6) is 0 Å². The molecule has 0 bridgehead atoms. The Morgan fingerprint density at radius 1 is 1.45 bits per heavy atom. The van der Waals surface area contributed by atoms with E-state index in [0.717, 1.165) is 0 Å². The summed E-state index contributed by atoms with van der Waals surface area (Å²) in [7, 11) is -3.31. The van der Waals surface area contributed by atoms with Crippen LogP contribution in [0.1, 0.15) is 6.42 Å². The number of hydrogen-bond acceptors (Lipinski definition) is 8. The number of likely N-dealkylation sites (N-methyl/N-ethyl adjacent to an activating group) is 1. The highest BCUT2D eigenvalue weighted by Gasteiger charge is 2.48. The quantitative estimate of drug-likeness (QED) is 0.257. The van der Waals surface area contributed by atoms with Crippen LogP contribution in [0.2, 0.25) is 0 Å². The van der Waals surface area contributed by atoms with Gasteiger partial charge in [0.25, 0.3) is 0 Å². The van der Waals surface area contributed by atoms with Crippen molar-refractivity contribution in [2.75, 3.05) is 20.3 Å². The van der Waals surface area contributed by atoms with E-state index in [0.29, 0.717) is 0 Å². The fourth-order valence-corrected chi connectivity index (χ4v) is 2.44. The summed E-state index contributed by atoms with van der Waals surface area (Å²) < 4.78 is 19.9. The average Bonchev–Trinajstić information content (AvgIpc) is 2.43. The van der Waals surface area contributed by atoms with Gasteiger partial charge in [0.2, 0.25) is 5.79 Å². The van der Waals surface area contributed by atoms with Gasteiger partial charge in [-0.05, 0) is 7.05 Å². The van der Waals surface area contributed by atoms with Gasteiger partial charge in [-0.1, -0.05) is 0 Å². The van der Waals surface area contributed by atoms with Gasteiger partial charge < -0.3 is 40.3 Å². The smallest absolute Gasteiger partial charge is 0.391 e. The monoisotopic (exact) mass is 317 g/mol. The molecule has 3 unspecified atom stereocenters. The molecule has 0 aromatic rings. The van der Waals surface area contributed by atoms with Gasteiger partial charge in [0.1, 0.15) is 6.10 Å². The van der Waals surface area contributed by atoms with Crippen LogP contribution in [0.4, 0.5) is 0 Å². The second-order valence-corrected chi connectivity index (χ2v) is 5.83. The zero-order valence-electron chi connectivity index (χ0n) is 10.8. The van der Waals surface area contributed by atoms with E-state index in [2.05, 4.69) is 9.84 Å². The molecular weight excluding hydrogens is 297 g/mol. The number of phosphoric acid groups is 1. The lowest BCUT2D eigenvalue weighted by molar-refractivity contribution is -0.291. The summed E-state index contributed by atoms with van der Waals surface area (Å²) in [6.07, 6.45) is -4.11. The van der Waals surface area contributed by atoms with Crippen LogP contribution in [0.25, 0.3) is 0 Å². The second kappa shape index (κ2) is 6.75. The van der Waals surface area contributed by atoms with Crippen LogP contribution in [0, 0.1) is 0 Å². The molecule has 0 aromatic carbocycles. The van der Waals surface area contributed by atoms with Crippen molar-refractivity contribution in [3.05, 3.63) is 0 Å². The summed E-state index contributed by atoms with van der Waals surface area (Å²) >= 11 is 0. The molecule has 1 aliphatic rings. The third kappa shape index (κ3) is 4.43. The molecule has 5 atom stereocenters. The lowest BCUT2D eigenvalue weighted by atomic mass is 9.97. The zero-order chi connectivity index (χ0) is 15.6. The topological polar surface area (TPSA) is 169 Å². The van der Waals surface area contributed by atoms with Gasteiger partial charge in [0.05, 0.1) is 31.5 Å². The molecule has 0 saturated carbocycles. The Labute approximate surface area is 115 Å². The van der Waals surface area contributed by atoms with Crippen LogP contribution < -0.4 is 5.32 Å². The molecule has 0 spiro atoms. The van der Waals surface area contributed by atoms with Crippen LogP contribution in [-0.4, -0.2) is 80.6 Å². The number of aliphatic hydroxyl groups is 4. The largest absolute Gasteiger partial charge is 0.469 e. The first-order chi connectivity index (χ1) is 9.13. The number of aliphatic hydroxyl groups excluding tert-OH is 3. The van der Waals surface area contributed by atoms with Crippen LogP contribution in [0.15, 0.2) is 0 Å². The van der Waals surface area contributed by atoms with Gasteiger partial charge in [0.15, 0.2) is 0 Å². The number of nitrogens with one attached hydrogen (secondary N) is 1. The molecule has 1 fully saturated rings. The predicted octanol–water partition coefficient (Wildman–Crippen LogP) is -3.12. The lowest BCUT2D eigenvalue weighted by Crippen LogP contribution is -2.58. The average molecular weight is 317 g/mol. The van der Waals surface area contributed by atoms with Crippen molar-refractivity contribution in [1.29, 1.82) is 0 Å². The molecule has 7 N–H and O–H groups in total. The molecule has 1 saturated heterocycles. The SMILES string of the molecule is CNC1C(O)C[C@@H](COP(=O)(O)O)O[C@@](O)(CO)C1O. The number of phosphoric ester groups is 1. The van der Waals surface area contributed by atoms with Crippen molar-refractivity contribution in [1.82, 2.24) is 5.32 Å². The van der Waals surface area contributed by atoms with Crippen molar-refractivity contribution in [3.8, 4) is 0 Å². The van der Waals surface area contributed by atoms with E-state index in [1.807, 2.05) is 0 Å². The minimum atomic E-state index is -4.74.